The summed E-state index contributed by atoms with van der Waals surface area (Å²) in [5.74, 6) is 0.553. The largest absolute Gasteiger partial charge is 0.438 e. The van der Waals surface area contributed by atoms with E-state index in [2.05, 4.69) is 20.9 Å². The average molecular weight is 333 g/mol. The molecule has 0 aliphatic carbocycles. The lowest BCUT2D eigenvalue weighted by Crippen LogP contribution is -1.95. The van der Waals surface area contributed by atoms with Crippen LogP contribution in [0.2, 0.25) is 0 Å². The number of rotatable bonds is 4. The van der Waals surface area contributed by atoms with Crippen molar-refractivity contribution >= 4 is 32.7 Å². The number of nitrogens with zero attached hydrogens (tertiary/aromatic N) is 1. The Kier molecular flexibility index (Phi) is 3.71. The van der Waals surface area contributed by atoms with Crippen molar-refractivity contribution in [2.24, 2.45) is 0 Å². The van der Waals surface area contributed by atoms with Gasteiger partial charge in [0.25, 0.3) is 0 Å². The normalized spacial score (nSPS) is 11.1. The molecule has 1 aromatic heterocycles. The Labute approximate surface area is 124 Å². The van der Waals surface area contributed by atoms with Crippen LogP contribution in [0, 0.1) is 0 Å². The third kappa shape index (κ3) is 2.84. The van der Waals surface area contributed by atoms with E-state index in [4.69, 9.17) is 14.9 Å². The number of ether oxygens (including phenoxy) is 1. The third-order valence-electron chi connectivity index (χ3n) is 2.90. The fraction of sp³-hybridized carbons (Fsp3) is 0.133. The Morgan fingerprint density at radius 1 is 1.15 bits per heavy atom. The number of fused-ring (bicyclic) bond motifs is 1. The molecule has 0 bridgehead atoms. The molecule has 0 fully saturated rings. The Morgan fingerprint density at radius 3 is 2.85 bits per heavy atom. The summed E-state index contributed by atoms with van der Waals surface area (Å²) in [4.78, 5) is 4.35. The Bertz CT molecular complexity index is 740. The van der Waals surface area contributed by atoms with Crippen LogP contribution in [0.1, 0.15) is 11.5 Å². The molecule has 0 unspecified atom stereocenters. The van der Waals surface area contributed by atoms with Crippen LogP contribution in [0.15, 0.2) is 51.4 Å². The second-order valence-corrected chi connectivity index (χ2v) is 5.27. The quantitative estimate of drug-likeness (QED) is 0.736. The van der Waals surface area contributed by atoms with Gasteiger partial charge >= 0.3 is 0 Å². The topological polar surface area (TPSA) is 61.3 Å². The minimum atomic E-state index is 0.329. The number of anilines is 1. The van der Waals surface area contributed by atoms with Gasteiger partial charge in [0.1, 0.15) is 12.1 Å². The summed E-state index contributed by atoms with van der Waals surface area (Å²) < 4.78 is 12.3. The smallest absolute Gasteiger partial charge is 0.221 e. The van der Waals surface area contributed by atoms with Crippen molar-refractivity contribution in [3.05, 3.63) is 58.4 Å². The fourth-order valence-corrected chi connectivity index (χ4v) is 2.31. The zero-order valence-electron chi connectivity index (χ0n) is 10.7. The average Bonchev–Trinajstić information content (AvgIpc) is 2.83. The van der Waals surface area contributed by atoms with Crippen molar-refractivity contribution in [2.45, 2.75) is 13.2 Å². The molecule has 2 aromatic carbocycles. The van der Waals surface area contributed by atoms with E-state index in [0.29, 0.717) is 30.4 Å². The predicted molar refractivity (Wildman–Crippen MR) is 81.1 cm³/mol. The molecule has 0 amide bonds. The van der Waals surface area contributed by atoms with Crippen LogP contribution in [0.4, 0.5) is 5.69 Å². The van der Waals surface area contributed by atoms with Crippen LogP contribution in [0.3, 0.4) is 0 Å². The van der Waals surface area contributed by atoms with E-state index >= 15 is 0 Å². The monoisotopic (exact) mass is 332 g/mol. The van der Waals surface area contributed by atoms with E-state index in [0.717, 1.165) is 15.6 Å². The van der Waals surface area contributed by atoms with E-state index in [1.165, 1.54) is 0 Å². The standard InChI is InChI=1S/C15H13BrN2O2/c16-12-4-2-1-3-10(12)8-19-9-15-18-13-6-5-11(17)7-14(13)20-15/h1-7H,8-9,17H2. The highest BCUT2D eigenvalue weighted by molar-refractivity contribution is 9.10. The second-order valence-electron chi connectivity index (χ2n) is 4.42. The summed E-state index contributed by atoms with van der Waals surface area (Å²) in [6.45, 7) is 0.832. The molecule has 3 aromatic rings. The van der Waals surface area contributed by atoms with Gasteiger partial charge < -0.3 is 14.9 Å². The zero-order chi connectivity index (χ0) is 13.9. The second kappa shape index (κ2) is 5.64. The minimum absolute atomic E-state index is 0.329. The lowest BCUT2D eigenvalue weighted by atomic mass is 10.2. The van der Waals surface area contributed by atoms with E-state index in [1.54, 1.807) is 12.1 Å². The Hall–Kier alpha value is -1.85. The van der Waals surface area contributed by atoms with Crippen molar-refractivity contribution in [1.29, 1.82) is 0 Å². The molecular weight excluding hydrogens is 320 g/mol. The maximum absolute atomic E-state index is 5.70. The first-order valence-electron chi connectivity index (χ1n) is 6.18. The first-order chi connectivity index (χ1) is 9.72. The summed E-state index contributed by atoms with van der Waals surface area (Å²) in [5, 5.41) is 0. The summed E-state index contributed by atoms with van der Waals surface area (Å²) in [6.07, 6.45) is 0. The minimum Gasteiger partial charge on any atom is -0.438 e. The van der Waals surface area contributed by atoms with Crippen molar-refractivity contribution < 1.29 is 9.15 Å². The van der Waals surface area contributed by atoms with Crippen molar-refractivity contribution in [2.75, 3.05) is 5.73 Å². The Balaban J connectivity index is 1.67. The highest BCUT2D eigenvalue weighted by Gasteiger charge is 2.06. The molecule has 0 saturated carbocycles. The van der Waals surface area contributed by atoms with Crippen LogP contribution >= 0.6 is 15.9 Å². The number of hydrogen-bond acceptors (Lipinski definition) is 4. The molecule has 2 N–H and O–H groups in total. The van der Waals surface area contributed by atoms with Crippen LogP contribution < -0.4 is 5.73 Å². The van der Waals surface area contributed by atoms with Crippen LogP contribution in [0.5, 0.6) is 0 Å². The third-order valence-corrected chi connectivity index (χ3v) is 3.67. The first kappa shape index (κ1) is 13.1. The molecule has 0 spiro atoms. The first-order valence-corrected chi connectivity index (χ1v) is 6.98. The molecule has 20 heavy (non-hydrogen) atoms. The van der Waals surface area contributed by atoms with Gasteiger partial charge in [0.05, 0.1) is 6.61 Å². The van der Waals surface area contributed by atoms with Gasteiger partial charge in [-0.3, -0.25) is 0 Å². The van der Waals surface area contributed by atoms with Crippen LogP contribution in [-0.4, -0.2) is 4.98 Å². The fourth-order valence-electron chi connectivity index (χ4n) is 1.91. The van der Waals surface area contributed by atoms with Crippen molar-refractivity contribution in [1.82, 2.24) is 4.98 Å². The lowest BCUT2D eigenvalue weighted by Gasteiger charge is -2.03. The number of aromatic nitrogens is 1. The number of benzene rings is 2. The highest BCUT2D eigenvalue weighted by atomic mass is 79.9. The number of oxazole rings is 1. The van der Waals surface area contributed by atoms with Crippen molar-refractivity contribution in [3.8, 4) is 0 Å². The van der Waals surface area contributed by atoms with Crippen molar-refractivity contribution in [3.63, 3.8) is 0 Å². The van der Waals surface area contributed by atoms with E-state index in [1.807, 2.05) is 30.3 Å². The lowest BCUT2D eigenvalue weighted by molar-refractivity contribution is 0.0903. The van der Waals surface area contributed by atoms with Crippen LogP contribution in [-0.2, 0) is 18.0 Å². The van der Waals surface area contributed by atoms with Gasteiger partial charge in [-0.15, -0.1) is 0 Å². The van der Waals surface area contributed by atoms with Gasteiger partial charge in [-0.25, -0.2) is 4.98 Å². The molecule has 0 aliphatic heterocycles. The number of nitrogen functional groups attached to an aromatic ring is 1. The summed E-state index contributed by atoms with van der Waals surface area (Å²) in [5.41, 5.74) is 8.93. The van der Waals surface area contributed by atoms with Gasteiger partial charge in [-0.2, -0.15) is 0 Å². The molecule has 0 radical (unpaired) electrons. The number of hydrogen-bond donors (Lipinski definition) is 1. The van der Waals surface area contributed by atoms with E-state index in [-0.39, 0.29) is 0 Å². The number of nitrogens with two attached hydrogens (primary N) is 1. The molecule has 1 heterocycles. The van der Waals surface area contributed by atoms with Gasteiger partial charge in [0.2, 0.25) is 5.89 Å². The summed E-state index contributed by atoms with van der Waals surface area (Å²) in [7, 11) is 0. The van der Waals surface area contributed by atoms with Crippen LogP contribution in [0.25, 0.3) is 11.1 Å². The van der Waals surface area contributed by atoms with Gasteiger partial charge in [-0.1, -0.05) is 34.1 Å². The molecule has 5 heteroatoms. The number of halogens is 1. The molecule has 4 nitrogen and oxygen atoms in total. The van der Waals surface area contributed by atoms with Gasteiger partial charge in [-0.05, 0) is 23.8 Å². The van der Waals surface area contributed by atoms with Gasteiger partial charge in [0, 0.05) is 16.2 Å². The highest BCUT2D eigenvalue weighted by Crippen LogP contribution is 2.20. The molecule has 3 rings (SSSR count). The summed E-state index contributed by atoms with van der Waals surface area (Å²) >= 11 is 3.49. The molecular formula is C15H13BrN2O2. The SMILES string of the molecule is Nc1ccc2nc(COCc3ccccc3Br)oc2c1. The predicted octanol–water partition coefficient (Wildman–Crippen LogP) is 3.89. The molecule has 0 saturated heterocycles. The van der Waals surface area contributed by atoms with E-state index in [9.17, 15) is 0 Å². The Morgan fingerprint density at radius 2 is 2.00 bits per heavy atom. The molecule has 102 valence electrons. The maximum Gasteiger partial charge on any atom is 0.221 e. The zero-order valence-corrected chi connectivity index (χ0v) is 12.3. The van der Waals surface area contributed by atoms with E-state index < -0.39 is 0 Å². The molecule has 0 atom stereocenters. The maximum atomic E-state index is 5.70. The summed E-state index contributed by atoms with van der Waals surface area (Å²) in [6, 6.07) is 13.4. The van der Waals surface area contributed by atoms with Gasteiger partial charge in [0.15, 0.2) is 5.58 Å². The molecule has 0 aliphatic rings.